The maximum absolute atomic E-state index is 5.86. The Bertz CT molecular complexity index is 944. The number of nitrogen functional groups attached to an aromatic ring is 1. The van der Waals surface area contributed by atoms with E-state index in [1.807, 2.05) is 53.2 Å². The molecule has 0 amide bonds. The Labute approximate surface area is 127 Å². The molecule has 106 valence electrons. The lowest BCUT2D eigenvalue weighted by Gasteiger charge is -2.05. The van der Waals surface area contributed by atoms with E-state index in [-0.39, 0.29) is 0 Å². The summed E-state index contributed by atoms with van der Waals surface area (Å²) in [7, 11) is 0. The number of pyridine rings is 1. The molecule has 0 saturated carbocycles. The molecule has 0 radical (unpaired) electrons. The van der Waals surface area contributed by atoms with Crippen molar-refractivity contribution in [3.8, 4) is 22.5 Å². The summed E-state index contributed by atoms with van der Waals surface area (Å²) in [5, 5.41) is 0. The Morgan fingerprint density at radius 1 is 0.909 bits per heavy atom. The third kappa shape index (κ3) is 2.09. The highest BCUT2D eigenvalue weighted by Gasteiger charge is 2.08. The number of benzene rings is 1. The number of hydrogen-bond donors (Lipinski definition) is 1. The molecule has 0 spiro atoms. The summed E-state index contributed by atoms with van der Waals surface area (Å²) in [4.78, 5) is 12.9. The zero-order chi connectivity index (χ0) is 14.9. The fraction of sp³-hybridized carbons (Fsp3) is 0. The number of aromatic nitrogens is 4. The highest BCUT2D eigenvalue weighted by molar-refractivity contribution is 5.70. The Balaban J connectivity index is 1.84. The van der Waals surface area contributed by atoms with E-state index in [2.05, 4.69) is 15.0 Å². The first kappa shape index (κ1) is 12.5. The van der Waals surface area contributed by atoms with Gasteiger partial charge in [0, 0.05) is 35.4 Å². The van der Waals surface area contributed by atoms with Crippen LogP contribution >= 0.6 is 0 Å². The van der Waals surface area contributed by atoms with Gasteiger partial charge in [-0.25, -0.2) is 4.98 Å². The molecule has 1 aromatic carbocycles. The number of hydrogen-bond acceptors (Lipinski definition) is 4. The van der Waals surface area contributed by atoms with E-state index < -0.39 is 0 Å². The monoisotopic (exact) mass is 287 g/mol. The van der Waals surface area contributed by atoms with E-state index in [9.17, 15) is 0 Å². The third-order valence-corrected chi connectivity index (χ3v) is 3.55. The maximum Gasteiger partial charge on any atom is 0.137 e. The SMILES string of the molecule is Nc1cccc(-c2cnc3cc(-c4cnccn4)ccn23)c1. The maximum atomic E-state index is 5.86. The molecule has 4 aromatic rings. The van der Waals surface area contributed by atoms with Gasteiger partial charge in [0.15, 0.2) is 0 Å². The van der Waals surface area contributed by atoms with Crippen molar-refractivity contribution in [2.45, 2.75) is 0 Å². The fourth-order valence-corrected chi connectivity index (χ4v) is 2.50. The third-order valence-electron chi connectivity index (χ3n) is 3.55. The summed E-state index contributed by atoms with van der Waals surface area (Å²) in [6.07, 6.45) is 8.93. The van der Waals surface area contributed by atoms with Crippen molar-refractivity contribution in [2.24, 2.45) is 0 Å². The summed E-state index contributed by atoms with van der Waals surface area (Å²) in [6.45, 7) is 0. The number of anilines is 1. The fourth-order valence-electron chi connectivity index (χ4n) is 2.50. The quantitative estimate of drug-likeness (QED) is 0.575. The minimum absolute atomic E-state index is 0.739. The molecule has 0 aliphatic heterocycles. The van der Waals surface area contributed by atoms with Gasteiger partial charge < -0.3 is 5.73 Å². The minimum Gasteiger partial charge on any atom is -0.399 e. The standard InChI is InChI=1S/C17H13N5/c18-14-3-1-2-13(8-14)16-11-21-17-9-12(4-7-22(16)17)15-10-19-5-6-20-15/h1-11H,18H2. The molecule has 0 unspecified atom stereocenters. The zero-order valence-corrected chi connectivity index (χ0v) is 11.7. The Hall–Kier alpha value is -3.21. The molecule has 0 aliphatic rings. The number of nitrogens with two attached hydrogens (primary N) is 1. The van der Waals surface area contributed by atoms with Gasteiger partial charge in [-0.1, -0.05) is 12.1 Å². The van der Waals surface area contributed by atoms with Crippen LogP contribution < -0.4 is 5.73 Å². The summed E-state index contributed by atoms with van der Waals surface area (Å²) in [5.41, 5.74) is 11.3. The van der Waals surface area contributed by atoms with E-state index in [0.29, 0.717) is 0 Å². The first-order chi connectivity index (χ1) is 10.8. The highest BCUT2D eigenvalue weighted by Crippen LogP contribution is 2.25. The van der Waals surface area contributed by atoms with Crippen molar-refractivity contribution in [3.05, 3.63) is 67.4 Å². The first-order valence-electron chi connectivity index (χ1n) is 6.91. The van der Waals surface area contributed by atoms with E-state index >= 15 is 0 Å². The van der Waals surface area contributed by atoms with Crippen molar-refractivity contribution in [3.63, 3.8) is 0 Å². The molecule has 4 rings (SSSR count). The van der Waals surface area contributed by atoms with Gasteiger partial charge >= 0.3 is 0 Å². The van der Waals surface area contributed by atoms with Crippen LogP contribution in [0.1, 0.15) is 0 Å². The molecular formula is C17H13N5. The molecule has 3 aromatic heterocycles. The normalized spacial score (nSPS) is 10.9. The van der Waals surface area contributed by atoms with E-state index in [1.165, 1.54) is 0 Å². The van der Waals surface area contributed by atoms with Crippen LogP contribution in [0.25, 0.3) is 28.2 Å². The lowest BCUT2D eigenvalue weighted by atomic mass is 10.1. The van der Waals surface area contributed by atoms with Gasteiger partial charge in [0.25, 0.3) is 0 Å². The van der Waals surface area contributed by atoms with Gasteiger partial charge in [-0.2, -0.15) is 0 Å². The van der Waals surface area contributed by atoms with Gasteiger partial charge in [0.2, 0.25) is 0 Å². The topological polar surface area (TPSA) is 69.1 Å². The average molecular weight is 287 g/mol. The van der Waals surface area contributed by atoms with Crippen LogP contribution in [0.4, 0.5) is 5.69 Å². The average Bonchev–Trinajstić information content (AvgIpc) is 2.99. The summed E-state index contributed by atoms with van der Waals surface area (Å²) < 4.78 is 2.04. The largest absolute Gasteiger partial charge is 0.399 e. The van der Waals surface area contributed by atoms with Crippen LogP contribution in [0.2, 0.25) is 0 Å². The van der Waals surface area contributed by atoms with Crippen LogP contribution in [-0.4, -0.2) is 19.4 Å². The first-order valence-corrected chi connectivity index (χ1v) is 6.91. The van der Waals surface area contributed by atoms with Gasteiger partial charge in [-0.05, 0) is 24.3 Å². The van der Waals surface area contributed by atoms with Gasteiger partial charge in [0.05, 0.1) is 23.8 Å². The lowest BCUT2D eigenvalue weighted by Crippen LogP contribution is -1.91. The van der Waals surface area contributed by atoms with Crippen LogP contribution in [0.15, 0.2) is 67.4 Å². The molecule has 0 aliphatic carbocycles. The minimum atomic E-state index is 0.739. The van der Waals surface area contributed by atoms with Crippen molar-refractivity contribution in [1.29, 1.82) is 0 Å². The molecule has 5 heteroatoms. The van der Waals surface area contributed by atoms with Crippen molar-refractivity contribution in [1.82, 2.24) is 19.4 Å². The molecular weight excluding hydrogens is 274 g/mol. The second kappa shape index (κ2) is 4.96. The number of fused-ring (bicyclic) bond motifs is 1. The molecule has 0 atom stereocenters. The van der Waals surface area contributed by atoms with Crippen LogP contribution in [0, 0.1) is 0 Å². The van der Waals surface area contributed by atoms with Crippen molar-refractivity contribution >= 4 is 11.3 Å². The van der Waals surface area contributed by atoms with E-state index in [4.69, 9.17) is 5.73 Å². The van der Waals surface area contributed by atoms with Crippen LogP contribution in [-0.2, 0) is 0 Å². The summed E-state index contributed by atoms with van der Waals surface area (Å²) in [6, 6.07) is 11.8. The number of imidazole rings is 1. The van der Waals surface area contributed by atoms with E-state index in [1.54, 1.807) is 18.6 Å². The molecule has 22 heavy (non-hydrogen) atoms. The predicted octanol–water partition coefficient (Wildman–Crippen LogP) is 3.04. The van der Waals surface area contributed by atoms with Gasteiger partial charge in [-0.3, -0.25) is 14.4 Å². The van der Waals surface area contributed by atoms with Gasteiger partial charge in [0.1, 0.15) is 5.65 Å². The summed E-state index contributed by atoms with van der Waals surface area (Å²) >= 11 is 0. The molecule has 5 nitrogen and oxygen atoms in total. The predicted molar refractivity (Wildman–Crippen MR) is 86.1 cm³/mol. The molecule has 2 N–H and O–H groups in total. The molecule has 0 bridgehead atoms. The molecule has 0 saturated heterocycles. The van der Waals surface area contributed by atoms with Crippen LogP contribution in [0.3, 0.4) is 0 Å². The highest BCUT2D eigenvalue weighted by atomic mass is 15.0. The van der Waals surface area contributed by atoms with E-state index in [0.717, 1.165) is 33.8 Å². The lowest BCUT2D eigenvalue weighted by molar-refractivity contribution is 1.17. The molecule has 3 heterocycles. The Morgan fingerprint density at radius 2 is 1.86 bits per heavy atom. The number of rotatable bonds is 2. The second-order valence-electron chi connectivity index (χ2n) is 5.00. The van der Waals surface area contributed by atoms with Crippen molar-refractivity contribution < 1.29 is 0 Å². The molecule has 0 fully saturated rings. The smallest absolute Gasteiger partial charge is 0.137 e. The zero-order valence-electron chi connectivity index (χ0n) is 11.7. The summed E-state index contributed by atoms with van der Waals surface area (Å²) in [5.74, 6) is 0. The van der Waals surface area contributed by atoms with Gasteiger partial charge in [-0.15, -0.1) is 0 Å². The Morgan fingerprint density at radius 3 is 2.68 bits per heavy atom. The second-order valence-corrected chi connectivity index (χ2v) is 5.00. The number of nitrogens with zero attached hydrogens (tertiary/aromatic N) is 4. The Kier molecular flexibility index (Phi) is 2.83. The van der Waals surface area contributed by atoms with Crippen molar-refractivity contribution in [2.75, 3.05) is 5.73 Å². The van der Waals surface area contributed by atoms with Crippen LogP contribution in [0.5, 0.6) is 0 Å².